The third kappa shape index (κ3) is 4.10. The van der Waals surface area contributed by atoms with E-state index in [4.69, 9.17) is 5.73 Å². The summed E-state index contributed by atoms with van der Waals surface area (Å²) in [5.74, 6) is -2.94. The third-order valence-electron chi connectivity index (χ3n) is 3.11. The second-order valence-corrected chi connectivity index (χ2v) is 5.65. The summed E-state index contributed by atoms with van der Waals surface area (Å²) in [6.45, 7) is -0.0662. The van der Waals surface area contributed by atoms with E-state index in [1.807, 2.05) is 0 Å². The van der Waals surface area contributed by atoms with E-state index in [2.05, 4.69) is 10.6 Å². The highest BCUT2D eigenvalue weighted by Gasteiger charge is 2.29. The number of nitrogens with one attached hydrogen (secondary N) is 2. The minimum atomic E-state index is -0.989. The lowest BCUT2D eigenvalue weighted by molar-refractivity contribution is -0.136. The lowest BCUT2D eigenvalue weighted by Crippen LogP contribution is -2.41. The van der Waals surface area contributed by atoms with Gasteiger partial charge in [0.2, 0.25) is 5.91 Å². The Labute approximate surface area is 140 Å². The van der Waals surface area contributed by atoms with Gasteiger partial charge < -0.3 is 16.4 Å². The first-order chi connectivity index (χ1) is 11.4. The van der Waals surface area contributed by atoms with Gasteiger partial charge in [0.1, 0.15) is 0 Å². The molecule has 0 aromatic heterocycles. The van der Waals surface area contributed by atoms with Crippen molar-refractivity contribution in [1.29, 1.82) is 0 Å². The molecule has 0 radical (unpaired) electrons. The van der Waals surface area contributed by atoms with E-state index in [9.17, 15) is 24.0 Å². The van der Waals surface area contributed by atoms with E-state index in [1.54, 1.807) is 12.1 Å². The van der Waals surface area contributed by atoms with Gasteiger partial charge >= 0.3 is 11.8 Å². The van der Waals surface area contributed by atoms with Crippen molar-refractivity contribution in [2.75, 3.05) is 24.2 Å². The maximum Gasteiger partial charge on any atom is 0.313 e. The first-order valence-corrected chi connectivity index (χ1v) is 7.84. The molecule has 24 heavy (non-hydrogen) atoms. The molecular formula is C14H14N4O5S. The summed E-state index contributed by atoms with van der Waals surface area (Å²) in [4.78, 5) is 58.6. The molecule has 4 N–H and O–H groups in total. The largest absolute Gasteiger partial charge is 0.366 e. The molecule has 1 aliphatic rings. The Morgan fingerprint density at radius 3 is 2.50 bits per heavy atom. The number of amides is 5. The summed E-state index contributed by atoms with van der Waals surface area (Å²) in [6, 6.07) is 5.99. The highest BCUT2D eigenvalue weighted by molar-refractivity contribution is 8.14. The summed E-state index contributed by atoms with van der Waals surface area (Å²) in [5, 5.41) is 4.20. The summed E-state index contributed by atoms with van der Waals surface area (Å²) in [6.07, 6.45) is 0. The van der Waals surface area contributed by atoms with Gasteiger partial charge in [-0.15, -0.1) is 0 Å². The number of primary amides is 1. The molecule has 126 valence electrons. The average molecular weight is 350 g/mol. The molecule has 5 amide bonds. The number of carbonyl (C=O) groups is 5. The topological polar surface area (TPSA) is 139 Å². The van der Waals surface area contributed by atoms with Crippen LogP contribution in [0.15, 0.2) is 24.3 Å². The SMILES string of the molecule is NC(=O)c1ccccc1NC(=O)C(=O)NCCN1C(=O)CSC1=O. The zero-order valence-corrected chi connectivity index (χ0v) is 13.2. The lowest BCUT2D eigenvalue weighted by Gasteiger charge is -2.13. The molecule has 1 aliphatic heterocycles. The first-order valence-electron chi connectivity index (χ1n) is 6.85. The molecule has 0 aliphatic carbocycles. The maximum atomic E-state index is 11.8. The maximum absolute atomic E-state index is 11.8. The number of nitrogens with zero attached hydrogens (tertiary/aromatic N) is 1. The van der Waals surface area contributed by atoms with Crippen molar-refractivity contribution < 1.29 is 24.0 Å². The molecule has 2 rings (SSSR count). The van der Waals surface area contributed by atoms with Crippen LogP contribution in [0.1, 0.15) is 10.4 Å². The van der Waals surface area contributed by atoms with Crippen molar-refractivity contribution in [3.63, 3.8) is 0 Å². The number of carbonyl (C=O) groups excluding carboxylic acids is 5. The predicted octanol–water partition coefficient (Wildman–Crippen LogP) is -0.464. The van der Waals surface area contributed by atoms with Gasteiger partial charge in [-0.1, -0.05) is 23.9 Å². The molecule has 9 nitrogen and oxygen atoms in total. The third-order valence-corrected chi connectivity index (χ3v) is 3.97. The van der Waals surface area contributed by atoms with E-state index < -0.39 is 17.7 Å². The average Bonchev–Trinajstić information content (AvgIpc) is 2.86. The van der Waals surface area contributed by atoms with Crippen molar-refractivity contribution in [2.45, 2.75) is 0 Å². The molecule has 1 aromatic carbocycles. The van der Waals surface area contributed by atoms with Crippen LogP contribution in [-0.2, 0) is 14.4 Å². The van der Waals surface area contributed by atoms with Crippen LogP contribution in [0.2, 0.25) is 0 Å². The minimum absolute atomic E-state index is 0.0123. The van der Waals surface area contributed by atoms with Gasteiger partial charge in [0.15, 0.2) is 0 Å². The Kier molecular flexibility index (Phi) is 5.53. The predicted molar refractivity (Wildman–Crippen MR) is 86.2 cm³/mol. The number of hydrogen-bond donors (Lipinski definition) is 3. The van der Waals surface area contributed by atoms with Gasteiger partial charge in [-0.2, -0.15) is 0 Å². The van der Waals surface area contributed by atoms with Crippen LogP contribution in [-0.4, -0.2) is 52.6 Å². The summed E-state index contributed by atoms with van der Waals surface area (Å²) >= 11 is 0.886. The molecule has 1 saturated heterocycles. The number of thioether (sulfide) groups is 1. The first kappa shape index (κ1) is 17.5. The van der Waals surface area contributed by atoms with Crippen LogP contribution in [0.3, 0.4) is 0 Å². The number of anilines is 1. The van der Waals surface area contributed by atoms with Crippen LogP contribution in [0, 0.1) is 0 Å². The molecular weight excluding hydrogens is 336 g/mol. The fourth-order valence-corrected chi connectivity index (χ4v) is 2.70. The van der Waals surface area contributed by atoms with Gasteiger partial charge in [-0.3, -0.25) is 28.9 Å². The molecule has 0 atom stereocenters. The lowest BCUT2D eigenvalue weighted by atomic mass is 10.1. The Morgan fingerprint density at radius 1 is 1.17 bits per heavy atom. The summed E-state index contributed by atoms with van der Waals surface area (Å²) in [5.41, 5.74) is 5.37. The molecule has 0 spiro atoms. The fourth-order valence-electron chi connectivity index (χ4n) is 1.94. The van der Waals surface area contributed by atoms with Gasteiger partial charge in [-0.25, -0.2) is 0 Å². The van der Waals surface area contributed by atoms with E-state index in [1.165, 1.54) is 12.1 Å². The second kappa shape index (κ2) is 7.59. The number of nitrogens with two attached hydrogens (primary N) is 1. The van der Waals surface area contributed by atoms with Gasteiger partial charge in [-0.05, 0) is 12.1 Å². The van der Waals surface area contributed by atoms with Crippen LogP contribution in [0.4, 0.5) is 10.5 Å². The van der Waals surface area contributed by atoms with Gasteiger partial charge in [0.25, 0.3) is 11.1 Å². The Hall–Kier alpha value is -2.88. The number of benzene rings is 1. The van der Waals surface area contributed by atoms with Gasteiger partial charge in [0, 0.05) is 13.1 Å². The smallest absolute Gasteiger partial charge is 0.313 e. The van der Waals surface area contributed by atoms with E-state index in [0.29, 0.717) is 0 Å². The molecule has 0 unspecified atom stereocenters. The van der Waals surface area contributed by atoms with Crippen LogP contribution < -0.4 is 16.4 Å². The standard InChI is InChI=1S/C14H14N4O5S/c15-11(20)8-3-1-2-4-9(8)17-13(22)12(21)16-5-6-18-10(19)7-24-14(18)23/h1-4H,5-7H2,(H2,15,20)(H,16,21)(H,17,22). The summed E-state index contributed by atoms with van der Waals surface area (Å²) < 4.78 is 0. The van der Waals surface area contributed by atoms with Crippen molar-refractivity contribution in [3.8, 4) is 0 Å². The van der Waals surface area contributed by atoms with Crippen LogP contribution >= 0.6 is 11.8 Å². The van der Waals surface area contributed by atoms with Gasteiger partial charge in [0.05, 0.1) is 17.0 Å². The van der Waals surface area contributed by atoms with Crippen molar-refractivity contribution in [2.24, 2.45) is 5.73 Å². The van der Waals surface area contributed by atoms with Crippen molar-refractivity contribution >= 4 is 46.3 Å². The number of imide groups is 1. The highest BCUT2D eigenvalue weighted by atomic mass is 32.2. The molecule has 10 heteroatoms. The van der Waals surface area contributed by atoms with E-state index in [-0.39, 0.29) is 41.2 Å². The monoisotopic (exact) mass is 350 g/mol. The number of hydrogen-bond acceptors (Lipinski definition) is 6. The number of para-hydroxylation sites is 1. The second-order valence-electron chi connectivity index (χ2n) is 4.72. The van der Waals surface area contributed by atoms with Crippen LogP contribution in [0.5, 0.6) is 0 Å². The summed E-state index contributed by atoms with van der Waals surface area (Å²) in [7, 11) is 0. The quantitative estimate of drug-likeness (QED) is 0.614. The van der Waals surface area contributed by atoms with Crippen molar-refractivity contribution in [1.82, 2.24) is 10.2 Å². The minimum Gasteiger partial charge on any atom is -0.366 e. The van der Waals surface area contributed by atoms with Crippen LogP contribution in [0.25, 0.3) is 0 Å². The zero-order chi connectivity index (χ0) is 17.7. The molecule has 1 fully saturated rings. The normalized spacial score (nSPS) is 13.8. The number of rotatable bonds is 5. The Bertz CT molecular complexity index is 705. The molecule has 1 aromatic rings. The Balaban J connectivity index is 1.87. The Morgan fingerprint density at radius 2 is 1.88 bits per heavy atom. The van der Waals surface area contributed by atoms with E-state index >= 15 is 0 Å². The molecule has 1 heterocycles. The molecule has 0 saturated carbocycles. The molecule has 0 bridgehead atoms. The fraction of sp³-hybridized carbons (Fsp3) is 0.214. The van der Waals surface area contributed by atoms with E-state index in [0.717, 1.165) is 16.7 Å². The highest BCUT2D eigenvalue weighted by Crippen LogP contribution is 2.17. The van der Waals surface area contributed by atoms with Crippen molar-refractivity contribution in [3.05, 3.63) is 29.8 Å². The zero-order valence-electron chi connectivity index (χ0n) is 12.4.